The molecule has 0 bridgehead atoms. The summed E-state index contributed by atoms with van der Waals surface area (Å²) < 4.78 is 5.59. The van der Waals surface area contributed by atoms with Crippen LogP contribution in [0.4, 0.5) is 22.7 Å². The Hall–Kier alpha value is -5.35. The van der Waals surface area contributed by atoms with Crippen LogP contribution in [0, 0.1) is 0 Å². The van der Waals surface area contributed by atoms with Crippen LogP contribution in [-0.2, 0) is 11.3 Å². The highest BCUT2D eigenvalue weighted by Gasteiger charge is 2.15. The summed E-state index contributed by atoms with van der Waals surface area (Å²) in [5.74, 6) is -0.381. The molecule has 0 aliphatic carbocycles. The number of nitrogens with one attached hydrogen (secondary N) is 2. The Morgan fingerprint density at radius 1 is 0.625 bits per heavy atom. The molecule has 0 saturated heterocycles. The van der Waals surface area contributed by atoms with E-state index in [4.69, 9.17) is 4.74 Å². The summed E-state index contributed by atoms with van der Waals surface area (Å²) in [6.07, 6.45) is 1.83. The van der Waals surface area contributed by atoms with E-state index < -0.39 is 0 Å². The normalized spacial score (nSPS) is 9.50. The molecule has 0 unspecified atom stereocenters. The Bertz CT molecular complexity index is 1440. The third-order valence-electron chi connectivity index (χ3n) is 5.60. The molecule has 0 saturated carbocycles. The van der Waals surface area contributed by atoms with E-state index in [-0.39, 0.29) is 12.6 Å². The Morgan fingerprint density at radius 2 is 1.12 bits per heavy atom. The fourth-order valence-electron chi connectivity index (χ4n) is 3.66. The topological polar surface area (TPSA) is 50.4 Å². The highest BCUT2D eigenvalue weighted by atomic mass is 16.5. The summed E-state index contributed by atoms with van der Waals surface area (Å²) in [6, 6.07) is 44.9. The standard InChI is InChI=1S/C26H22N2O2.C8H8.C2H4/c29-26(30-19-20-10-4-1-5-11-20)24-18-23(27-21-12-6-2-7-13-21)16-17-25(24)28-22-14-8-3-9-15-22;1-2-8-6-4-3-5-7-8;1-2/h1-18,27-28H,19H2;2-7H,1H2;1-2H2. The molecule has 5 aromatic carbocycles. The molecule has 0 spiro atoms. The molecule has 0 aromatic heterocycles. The molecule has 200 valence electrons. The van der Waals surface area contributed by atoms with Crippen LogP contribution >= 0.6 is 0 Å². The van der Waals surface area contributed by atoms with Crippen LogP contribution in [0.2, 0.25) is 0 Å². The summed E-state index contributed by atoms with van der Waals surface area (Å²) >= 11 is 0. The zero-order chi connectivity index (χ0) is 28.4. The van der Waals surface area contributed by atoms with Gasteiger partial charge in [0.2, 0.25) is 0 Å². The van der Waals surface area contributed by atoms with E-state index in [0.29, 0.717) is 11.3 Å². The van der Waals surface area contributed by atoms with Gasteiger partial charge in [-0.05, 0) is 53.6 Å². The smallest absolute Gasteiger partial charge is 0.340 e. The first-order chi connectivity index (χ1) is 19.7. The highest BCUT2D eigenvalue weighted by Crippen LogP contribution is 2.27. The minimum absolute atomic E-state index is 0.223. The first kappa shape index (κ1) is 29.2. The zero-order valence-electron chi connectivity index (χ0n) is 22.5. The van der Waals surface area contributed by atoms with Gasteiger partial charge < -0.3 is 15.4 Å². The van der Waals surface area contributed by atoms with Crippen molar-refractivity contribution < 1.29 is 9.53 Å². The van der Waals surface area contributed by atoms with E-state index in [2.05, 4.69) is 30.4 Å². The average Bonchev–Trinajstić information content (AvgIpc) is 3.04. The molecule has 0 aliphatic rings. The number of rotatable bonds is 8. The van der Waals surface area contributed by atoms with Gasteiger partial charge in [-0.2, -0.15) is 0 Å². The van der Waals surface area contributed by atoms with E-state index in [1.165, 1.54) is 5.56 Å². The molecule has 40 heavy (non-hydrogen) atoms. The summed E-state index contributed by atoms with van der Waals surface area (Å²) in [6.45, 7) is 9.85. The van der Waals surface area contributed by atoms with Gasteiger partial charge in [-0.1, -0.05) is 110 Å². The van der Waals surface area contributed by atoms with Gasteiger partial charge in [-0.15, -0.1) is 13.2 Å². The number of carbonyl (C=O) groups is 1. The lowest BCUT2D eigenvalue weighted by Crippen LogP contribution is -2.09. The Balaban J connectivity index is 0.000000376. The van der Waals surface area contributed by atoms with Crippen molar-refractivity contribution in [3.8, 4) is 0 Å². The number of para-hydroxylation sites is 2. The molecule has 0 amide bonds. The molecule has 0 aliphatic heterocycles. The van der Waals surface area contributed by atoms with Crippen LogP contribution in [0.1, 0.15) is 21.5 Å². The molecule has 0 fully saturated rings. The van der Waals surface area contributed by atoms with E-state index in [9.17, 15) is 4.79 Å². The molecule has 4 heteroatoms. The van der Waals surface area contributed by atoms with Gasteiger partial charge in [0.25, 0.3) is 0 Å². The lowest BCUT2D eigenvalue weighted by molar-refractivity contribution is 0.0474. The first-order valence-electron chi connectivity index (χ1n) is 12.9. The Morgan fingerprint density at radius 3 is 1.65 bits per heavy atom. The minimum atomic E-state index is -0.381. The van der Waals surface area contributed by atoms with Crippen LogP contribution in [-0.4, -0.2) is 5.97 Å². The molecule has 4 nitrogen and oxygen atoms in total. The van der Waals surface area contributed by atoms with Crippen molar-refractivity contribution in [1.82, 2.24) is 0 Å². The number of carbonyl (C=O) groups excluding carboxylic acids is 1. The Labute approximate surface area is 237 Å². The second-order valence-corrected chi connectivity index (χ2v) is 8.42. The zero-order valence-corrected chi connectivity index (χ0v) is 22.5. The highest BCUT2D eigenvalue weighted by molar-refractivity contribution is 5.98. The number of benzene rings is 5. The third kappa shape index (κ3) is 9.51. The number of hydrogen-bond acceptors (Lipinski definition) is 4. The van der Waals surface area contributed by atoms with Gasteiger partial charge in [-0.3, -0.25) is 0 Å². The van der Waals surface area contributed by atoms with Gasteiger partial charge in [0, 0.05) is 17.1 Å². The number of esters is 1. The van der Waals surface area contributed by atoms with E-state index >= 15 is 0 Å². The van der Waals surface area contributed by atoms with E-state index in [1.54, 1.807) is 0 Å². The molecule has 2 N–H and O–H groups in total. The predicted molar refractivity (Wildman–Crippen MR) is 169 cm³/mol. The average molecular weight is 527 g/mol. The quantitative estimate of drug-likeness (QED) is 0.156. The maximum absolute atomic E-state index is 12.9. The van der Waals surface area contributed by atoms with E-state index in [1.807, 2.05) is 146 Å². The number of hydrogen-bond donors (Lipinski definition) is 2. The van der Waals surface area contributed by atoms with Crippen molar-refractivity contribution in [2.24, 2.45) is 0 Å². The van der Waals surface area contributed by atoms with Crippen LogP contribution in [0.15, 0.2) is 159 Å². The molecule has 0 radical (unpaired) electrons. The lowest BCUT2D eigenvalue weighted by atomic mass is 10.1. The van der Waals surface area contributed by atoms with Gasteiger partial charge in [0.1, 0.15) is 6.61 Å². The first-order valence-corrected chi connectivity index (χ1v) is 12.9. The lowest BCUT2D eigenvalue weighted by Gasteiger charge is -2.15. The fourth-order valence-corrected chi connectivity index (χ4v) is 3.66. The van der Waals surface area contributed by atoms with Gasteiger partial charge in [0.15, 0.2) is 0 Å². The van der Waals surface area contributed by atoms with Crippen LogP contribution in [0.5, 0.6) is 0 Å². The largest absolute Gasteiger partial charge is 0.457 e. The number of ether oxygens (including phenoxy) is 1. The summed E-state index contributed by atoms with van der Waals surface area (Å²) in [5.41, 5.74) is 5.94. The summed E-state index contributed by atoms with van der Waals surface area (Å²) in [7, 11) is 0. The van der Waals surface area contributed by atoms with Gasteiger partial charge >= 0.3 is 5.97 Å². The van der Waals surface area contributed by atoms with Gasteiger partial charge in [0.05, 0.1) is 11.3 Å². The second kappa shape index (κ2) is 16.5. The van der Waals surface area contributed by atoms with Crippen molar-refractivity contribution in [1.29, 1.82) is 0 Å². The predicted octanol–water partition coefficient (Wildman–Crippen LogP) is 9.66. The summed E-state index contributed by atoms with van der Waals surface area (Å²) in [4.78, 5) is 12.9. The number of anilines is 4. The second-order valence-electron chi connectivity index (χ2n) is 8.42. The van der Waals surface area contributed by atoms with Crippen molar-refractivity contribution in [3.63, 3.8) is 0 Å². The van der Waals surface area contributed by atoms with Crippen LogP contribution < -0.4 is 10.6 Å². The maximum atomic E-state index is 12.9. The van der Waals surface area contributed by atoms with Crippen LogP contribution in [0.25, 0.3) is 6.08 Å². The molecule has 5 aromatic rings. The van der Waals surface area contributed by atoms with Crippen molar-refractivity contribution in [3.05, 3.63) is 176 Å². The van der Waals surface area contributed by atoms with Gasteiger partial charge in [-0.25, -0.2) is 4.79 Å². The molecular weight excluding hydrogens is 492 g/mol. The van der Waals surface area contributed by atoms with Crippen molar-refractivity contribution in [2.45, 2.75) is 6.61 Å². The molecule has 0 atom stereocenters. The fraction of sp³-hybridized carbons (Fsp3) is 0.0278. The van der Waals surface area contributed by atoms with Crippen molar-refractivity contribution in [2.75, 3.05) is 10.6 Å². The molecule has 0 heterocycles. The van der Waals surface area contributed by atoms with Crippen LogP contribution in [0.3, 0.4) is 0 Å². The summed E-state index contributed by atoms with van der Waals surface area (Å²) in [5, 5.41) is 6.64. The Kier molecular flexibility index (Phi) is 12.0. The SMILES string of the molecule is C=C.C=Cc1ccccc1.O=C(OCc1ccccc1)c1cc(Nc2ccccc2)ccc1Nc1ccccc1. The molecular formula is C36H34N2O2. The minimum Gasteiger partial charge on any atom is -0.457 e. The molecule has 5 rings (SSSR count). The maximum Gasteiger partial charge on any atom is 0.340 e. The van der Waals surface area contributed by atoms with E-state index in [0.717, 1.165) is 22.6 Å². The van der Waals surface area contributed by atoms with Crippen molar-refractivity contribution >= 4 is 34.8 Å². The third-order valence-corrected chi connectivity index (χ3v) is 5.60. The monoisotopic (exact) mass is 526 g/mol.